The van der Waals surface area contributed by atoms with Gasteiger partial charge in [-0.1, -0.05) is 42.5 Å². The van der Waals surface area contributed by atoms with E-state index in [4.69, 9.17) is 9.39 Å². The lowest BCUT2D eigenvalue weighted by Crippen LogP contribution is -2.39. The normalized spacial score (nSPS) is 18.3. The molecule has 3 aromatic rings. The average Bonchev–Trinajstić information content (AvgIpc) is 3.17. The van der Waals surface area contributed by atoms with Crippen molar-refractivity contribution >= 4 is 18.9 Å². The van der Waals surface area contributed by atoms with Gasteiger partial charge in [0.15, 0.2) is 0 Å². The van der Waals surface area contributed by atoms with Gasteiger partial charge in [-0.2, -0.15) is 0 Å². The highest BCUT2D eigenvalue weighted by Crippen LogP contribution is 2.36. The second kappa shape index (κ2) is 8.69. The van der Waals surface area contributed by atoms with Gasteiger partial charge < -0.3 is 9.39 Å². The van der Waals surface area contributed by atoms with Crippen LogP contribution >= 0.6 is 0 Å². The Morgan fingerprint density at radius 1 is 0.793 bits per heavy atom. The highest BCUT2D eigenvalue weighted by atomic mass is 16.6. The van der Waals surface area contributed by atoms with Crippen LogP contribution in [0.4, 0.5) is 0 Å². The van der Waals surface area contributed by atoms with Crippen LogP contribution in [0.5, 0.6) is 0 Å². The van der Waals surface area contributed by atoms with Crippen LogP contribution < -0.4 is 0 Å². The van der Waals surface area contributed by atoms with Crippen LogP contribution in [-0.4, -0.2) is 34.8 Å². The van der Waals surface area contributed by atoms with Gasteiger partial charge in [0.1, 0.15) is 17.4 Å². The maximum atomic E-state index is 12.6. The first-order valence-corrected chi connectivity index (χ1v) is 9.51. The first-order valence-electron chi connectivity index (χ1n) is 9.51. The van der Waals surface area contributed by atoms with Crippen LogP contribution in [0.15, 0.2) is 79.1 Å². The summed E-state index contributed by atoms with van der Waals surface area (Å²) in [5.41, 5.74) is 1.49. The van der Waals surface area contributed by atoms with Crippen LogP contribution in [0.25, 0.3) is 0 Å². The van der Waals surface area contributed by atoms with Crippen LogP contribution in [0.3, 0.4) is 0 Å². The van der Waals surface area contributed by atoms with Crippen molar-refractivity contribution in [3.8, 4) is 0 Å². The highest BCUT2D eigenvalue weighted by molar-refractivity contribution is 6.58. The van der Waals surface area contributed by atoms with Gasteiger partial charge in [-0.15, -0.1) is 0 Å². The maximum absolute atomic E-state index is 12.6. The summed E-state index contributed by atoms with van der Waals surface area (Å²) in [5.74, 6) is -1.12. The second-order valence-electron chi connectivity index (χ2n) is 6.84. The summed E-state index contributed by atoms with van der Waals surface area (Å²) in [4.78, 5) is 33.2. The molecule has 1 saturated heterocycles. The van der Waals surface area contributed by atoms with E-state index in [-0.39, 0.29) is 17.2 Å². The molecule has 0 saturated carbocycles. The number of pyridine rings is 2. The van der Waals surface area contributed by atoms with Gasteiger partial charge in [0.25, 0.3) is 0 Å². The van der Waals surface area contributed by atoms with Crippen molar-refractivity contribution < 1.29 is 19.0 Å². The predicted octanol–water partition coefficient (Wildman–Crippen LogP) is 3.51. The quantitative estimate of drug-likeness (QED) is 0.493. The molecule has 29 heavy (non-hydrogen) atoms. The van der Waals surface area contributed by atoms with Crippen molar-refractivity contribution in [1.82, 2.24) is 9.97 Å². The SMILES string of the molecule is O=C(OB1C(OC(=O)c2ccccn2)CCC1c1ccccc1)c1ccccn1. The van der Waals surface area contributed by atoms with Crippen molar-refractivity contribution in [1.29, 1.82) is 0 Å². The number of nitrogens with zero attached hydrogens (tertiary/aromatic N) is 2. The zero-order chi connectivity index (χ0) is 20.1. The van der Waals surface area contributed by atoms with E-state index in [1.54, 1.807) is 42.6 Å². The molecule has 0 radical (unpaired) electrons. The molecule has 0 N–H and O–H groups in total. The number of esters is 1. The van der Waals surface area contributed by atoms with E-state index in [0.29, 0.717) is 6.42 Å². The largest absolute Gasteiger partial charge is 0.527 e. The minimum atomic E-state index is -0.598. The maximum Gasteiger partial charge on any atom is 0.410 e. The molecule has 0 bridgehead atoms. The van der Waals surface area contributed by atoms with Crippen LogP contribution in [0, 0.1) is 0 Å². The monoisotopic (exact) mass is 386 g/mol. The fraction of sp³-hybridized carbons (Fsp3) is 0.182. The summed E-state index contributed by atoms with van der Waals surface area (Å²) in [6.45, 7) is -0.598. The summed E-state index contributed by atoms with van der Waals surface area (Å²) in [7, 11) is 0. The Morgan fingerprint density at radius 2 is 1.41 bits per heavy atom. The van der Waals surface area contributed by atoms with Gasteiger partial charge in [0.05, 0.1) is 0 Å². The fourth-order valence-corrected chi connectivity index (χ4v) is 3.62. The molecule has 1 fully saturated rings. The van der Waals surface area contributed by atoms with E-state index < -0.39 is 24.9 Å². The minimum Gasteiger partial charge on any atom is -0.527 e. The van der Waals surface area contributed by atoms with E-state index in [2.05, 4.69) is 9.97 Å². The molecule has 2 unspecified atom stereocenters. The van der Waals surface area contributed by atoms with Crippen molar-refractivity contribution in [2.75, 3.05) is 0 Å². The zero-order valence-corrected chi connectivity index (χ0v) is 15.7. The molecule has 0 aliphatic carbocycles. The Hall–Kier alpha value is -3.48. The van der Waals surface area contributed by atoms with Crippen molar-refractivity contribution in [2.45, 2.75) is 24.7 Å². The first kappa shape index (κ1) is 18.9. The summed E-state index contributed by atoms with van der Waals surface area (Å²) < 4.78 is 11.5. The van der Waals surface area contributed by atoms with Gasteiger partial charge in [0.2, 0.25) is 0 Å². The Labute approximate surface area is 169 Å². The Kier molecular flexibility index (Phi) is 5.65. The summed E-state index contributed by atoms with van der Waals surface area (Å²) in [6, 6.07) is 19.4. The molecule has 1 aliphatic rings. The molecule has 0 amide bonds. The summed E-state index contributed by atoms with van der Waals surface area (Å²) in [6.07, 6.45) is 4.41. The number of benzene rings is 1. The van der Waals surface area contributed by atoms with Crippen LogP contribution in [-0.2, 0) is 9.39 Å². The number of carbonyl (C=O) groups is 2. The summed E-state index contributed by atoms with van der Waals surface area (Å²) in [5, 5.41) is 0. The van der Waals surface area contributed by atoms with Gasteiger partial charge in [0, 0.05) is 18.2 Å². The Balaban J connectivity index is 1.56. The molecule has 7 heteroatoms. The van der Waals surface area contributed by atoms with Gasteiger partial charge >= 0.3 is 18.9 Å². The van der Waals surface area contributed by atoms with E-state index in [0.717, 1.165) is 12.0 Å². The standard InChI is InChI=1S/C22H19BN2O4/c26-21(18-10-4-6-14-24-18)28-20-13-12-17(16-8-2-1-3-9-16)23(20)29-22(27)19-11-5-7-15-25-19/h1-11,14-15,17,20H,12-13H2. The molecular formula is C22H19BN2O4. The molecule has 144 valence electrons. The lowest BCUT2D eigenvalue weighted by molar-refractivity contribution is 0.0392. The molecule has 6 nitrogen and oxygen atoms in total. The lowest BCUT2D eigenvalue weighted by Gasteiger charge is -2.21. The molecule has 1 aromatic carbocycles. The lowest BCUT2D eigenvalue weighted by atomic mass is 9.54. The van der Waals surface area contributed by atoms with Gasteiger partial charge in [-0.05, 0) is 42.7 Å². The molecule has 0 spiro atoms. The highest BCUT2D eigenvalue weighted by Gasteiger charge is 2.47. The van der Waals surface area contributed by atoms with Crippen LogP contribution in [0.1, 0.15) is 45.2 Å². The fourth-order valence-electron chi connectivity index (χ4n) is 3.62. The number of hydrogen-bond donors (Lipinski definition) is 0. The first-order chi connectivity index (χ1) is 14.2. The minimum absolute atomic E-state index is 0.0644. The van der Waals surface area contributed by atoms with Gasteiger partial charge in [-0.25, -0.2) is 19.6 Å². The predicted molar refractivity (Wildman–Crippen MR) is 107 cm³/mol. The van der Waals surface area contributed by atoms with Crippen molar-refractivity contribution in [3.05, 3.63) is 96.1 Å². The Morgan fingerprint density at radius 3 is 2.03 bits per heavy atom. The average molecular weight is 386 g/mol. The number of rotatable bonds is 5. The molecule has 2 atom stereocenters. The third-order valence-electron chi connectivity index (χ3n) is 5.00. The molecule has 2 aromatic heterocycles. The number of hydrogen-bond acceptors (Lipinski definition) is 6. The topological polar surface area (TPSA) is 78.4 Å². The van der Waals surface area contributed by atoms with E-state index in [1.807, 2.05) is 30.3 Å². The molecule has 4 rings (SSSR count). The van der Waals surface area contributed by atoms with E-state index in [9.17, 15) is 9.59 Å². The summed E-state index contributed by atoms with van der Waals surface area (Å²) >= 11 is 0. The van der Waals surface area contributed by atoms with Crippen molar-refractivity contribution in [2.24, 2.45) is 0 Å². The smallest absolute Gasteiger partial charge is 0.410 e. The number of carbonyl (C=O) groups excluding carboxylic acids is 2. The van der Waals surface area contributed by atoms with Crippen molar-refractivity contribution in [3.63, 3.8) is 0 Å². The third kappa shape index (κ3) is 4.34. The van der Waals surface area contributed by atoms with E-state index in [1.165, 1.54) is 6.20 Å². The number of ether oxygens (including phenoxy) is 1. The molecular weight excluding hydrogens is 367 g/mol. The van der Waals surface area contributed by atoms with Crippen LogP contribution in [0.2, 0.25) is 0 Å². The van der Waals surface area contributed by atoms with E-state index >= 15 is 0 Å². The Bertz CT molecular complexity index is 970. The number of aromatic nitrogens is 2. The zero-order valence-electron chi connectivity index (χ0n) is 15.7. The molecule has 1 aliphatic heterocycles. The van der Waals surface area contributed by atoms with Gasteiger partial charge in [-0.3, -0.25) is 0 Å². The third-order valence-corrected chi connectivity index (χ3v) is 5.00. The second-order valence-corrected chi connectivity index (χ2v) is 6.84. The molecule has 3 heterocycles.